The van der Waals surface area contributed by atoms with Gasteiger partial charge in [-0.1, -0.05) is 13.8 Å². The summed E-state index contributed by atoms with van der Waals surface area (Å²) in [6.45, 7) is 11.9. The van der Waals surface area contributed by atoms with Crippen LogP contribution in [0.3, 0.4) is 0 Å². The number of aromatic nitrogens is 4. The molecule has 218 valence electrons. The molecular formula is C35H38N8. The summed E-state index contributed by atoms with van der Waals surface area (Å²) in [4.78, 5) is 25.2. The second-order valence-electron chi connectivity index (χ2n) is 12.3. The molecule has 7 rings (SSSR count). The summed E-state index contributed by atoms with van der Waals surface area (Å²) in [7, 11) is 0. The Balaban J connectivity index is 1.13. The van der Waals surface area contributed by atoms with Crippen molar-refractivity contribution >= 4 is 50.4 Å². The molecule has 1 saturated heterocycles. The minimum atomic E-state index is 0.696. The van der Waals surface area contributed by atoms with Gasteiger partial charge in [0.2, 0.25) is 0 Å². The maximum absolute atomic E-state index is 4.84. The minimum Gasteiger partial charge on any atom is -0.388 e. The minimum absolute atomic E-state index is 0.696. The highest BCUT2D eigenvalue weighted by Crippen LogP contribution is 2.33. The third-order valence-corrected chi connectivity index (χ3v) is 8.35. The summed E-state index contributed by atoms with van der Waals surface area (Å²) in [6.07, 6.45) is 6.18. The fraction of sp³-hybridized carbons (Fsp3) is 0.314. The molecule has 5 aromatic rings. The maximum Gasteiger partial charge on any atom is 0.157 e. The van der Waals surface area contributed by atoms with Gasteiger partial charge in [-0.3, -0.25) is 15.0 Å². The predicted molar refractivity (Wildman–Crippen MR) is 178 cm³/mol. The number of nitrogens with one attached hydrogen (secondary N) is 3. The van der Waals surface area contributed by atoms with Crippen molar-refractivity contribution in [3.8, 4) is 11.5 Å². The number of allylic oxidation sites excluding steroid dienone is 2. The highest BCUT2D eigenvalue weighted by Gasteiger charge is 2.22. The predicted octanol–water partition coefficient (Wildman–Crippen LogP) is 7.68. The van der Waals surface area contributed by atoms with Gasteiger partial charge < -0.3 is 20.5 Å². The second-order valence-corrected chi connectivity index (χ2v) is 12.3. The van der Waals surface area contributed by atoms with Crippen LogP contribution in [0.4, 0.5) is 22.7 Å². The van der Waals surface area contributed by atoms with Gasteiger partial charge >= 0.3 is 0 Å². The molecule has 2 aliphatic heterocycles. The fourth-order valence-corrected chi connectivity index (χ4v) is 6.49. The molecule has 2 atom stereocenters. The largest absolute Gasteiger partial charge is 0.388 e. The number of rotatable bonds is 5. The molecule has 5 heterocycles. The zero-order valence-corrected chi connectivity index (χ0v) is 25.3. The van der Waals surface area contributed by atoms with Gasteiger partial charge in [-0.25, -0.2) is 4.98 Å². The number of piperidine rings is 1. The van der Waals surface area contributed by atoms with E-state index >= 15 is 0 Å². The number of aryl methyl sites for hydroxylation is 1. The highest BCUT2D eigenvalue weighted by molar-refractivity contribution is 5.98. The van der Waals surface area contributed by atoms with E-state index in [9.17, 15) is 0 Å². The van der Waals surface area contributed by atoms with E-state index in [1.165, 1.54) is 12.1 Å². The van der Waals surface area contributed by atoms with E-state index in [0.29, 0.717) is 11.8 Å². The van der Waals surface area contributed by atoms with Crippen molar-refractivity contribution in [1.82, 2.24) is 25.3 Å². The Kier molecular flexibility index (Phi) is 7.05. The number of benzene rings is 2. The fourth-order valence-electron chi connectivity index (χ4n) is 6.49. The van der Waals surface area contributed by atoms with E-state index in [0.717, 1.165) is 93.7 Å². The van der Waals surface area contributed by atoms with Crippen LogP contribution in [0.25, 0.3) is 33.5 Å². The van der Waals surface area contributed by atoms with Crippen molar-refractivity contribution in [3.05, 3.63) is 78.3 Å². The number of hydrogen-bond acceptors (Lipinski definition) is 7. The van der Waals surface area contributed by atoms with Crippen molar-refractivity contribution in [2.24, 2.45) is 16.8 Å². The van der Waals surface area contributed by atoms with Crippen LogP contribution >= 0.6 is 0 Å². The van der Waals surface area contributed by atoms with E-state index < -0.39 is 0 Å². The highest BCUT2D eigenvalue weighted by atomic mass is 15.1. The molecule has 3 N–H and O–H groups in total. The van der Waals surface area contributed by atoms with Crippen LogP contribution in [0.1, 0.15) is 39.3 Å². The van der Waals surface area contributed by atoms with Crippen molar-refractivity contribution in [2.75, 3.05) is 29.9 Å². The molecule has 43 heavy (non-hydrogen) atoms. The van der Waals surface area contributed by atoms with E-state index in [4.69, 9.17) is 19.9 Å². The molecule has 2 aromatic carbocycles. The molecule has 3 aromatic heterocycles. The van der Waals surface area contributed by atoms with E-state index in [-0.39, 0.29) is 0 Å². The lowest BCUT2D eigenvalue weighted by Gasteiger charge is -2.36. The van der Waals surface area contributed by atoms with Crippen LogP contribution in [0, 0.1) is 18.8 Å². The Morgan fingerprint density at radius 1 is 0.930 bits per heavy atom. The number of anilines is 3. The maximum atomic E-state index is 4.84. The molecule has 0 spiro atoms. The van der Waals surface area contributed by atoms with Gasteiger partial charge in [-0.2, -0.15) is 0 Å². The first-order chi connectivity index (χ1) is 20.9. The first-order valence-corrected chi connectivity index (χ1v) is 15.3. The number of aromatic amines is 1. The number of aliphatic imine (C=N–C) groups is 1. The van der Waals surface area contributed by atoms with Crippen LogP contribution in [0.15, 0.2) is 77.6 Å². The summed E-state index contributed by atoms with van der Waals surface area (Å²) in [5, 5.41) is 8.07. The van der Waals surface area contributed by atoms with Gasteiger partial charge in [-0.05, 0) is 92.8 Å². The summed E-state index contributed by atoms with van der Waals surface area (Å²) in [6, 6.07) is 18.9. The Bertz CT molecular complexity index is 1860. The quantitative estimate of drug-likeness (QED) is 0.201. The smallest absolute Gasteiger partial charge is 0.157 e. The third-order valence-electron chi connectivity index (χ3n) is 8.35. The number of hydrogen-bond donors (Lipinski definition) is 3. The van der Waals surface area contributed by atoms with Gasteiger partial charge in [0.25, 0.3) is 0 Å². The molecule has 8 heteroatoms. The summed E-state index contributed by atoms with van der Waals surface area (Å²) < 4.78 is 0. The molecule has 0 amide bonds. The van der Waals surface area contributed by atoms with E-state index in [2.05, 4.69) is 83.8 Å². The molecule has 0 aliphatic carbocycles. The van der Waals surface area contributed by atoms with Gasteiger partial charge in [0.1, 0.15) is 5.69 Å². The Morgan fingerprint density at radius 3 is 2.56 bits per heavy atom. The van der Waals surface area contributed by atoms with Crippen molar-refractivity contribution < 1.29 is 0 Å². The summed E-state index contributed by atoms with van der Waals surface area (Å²) in [5.41, 5.74) is 11.0. The number of imidazole rings is 1. The van der Waals surface area contributed by atoms with Crippen LogP contribution in [0.2, 0.25) is 0 Å². The average molecular weight is 571 g/mol. The summed E-state index contributed by atoms with van der Waals surface area (Å²) >= 11 is 0. The SMILES string of the molecule is CC1=CC(=Nc2ccc3nc(-c4ccc(Nc5cc(C)nc6ccc(N7CC(C)CC(C)C7)cc56)cn4)[nH]c3c2)CCN1. The molecule has 1 fully saturated rings. The van der Waals surface area contributed by atoms with E-state index in [1.807, 2.05) is 31.3 Å². The normalized spacial score (nSPS) is 20.0. The topological polar surface area (TPSA) is 94.1 Å². The average Bonchev–Trinajstić information content (AvgIpc) is 3.40. The second kappa shape index (κ2) is 11.2. The Hall–Kier alpha value is -4.72. The molecule has 2 unspecified atom stereocenters. The molecule has 0 bridgehead atoms. The third kappa shape index (κ3) is 5.82. The number of fused-ring (bicyclic) bond motifs is 2. The van der Waals surface area contributed by atoms with E-state index in [1.54, 1.807) is 0 Å². The molecular weight excluding hydrogens is 532 g/mol. The number of H-pyrrole nitrogens is 1. The monoisotopic (exact) mass is 570 g/mol. The Morgan fingerprint density at radius 2 is 1.77 bits per heavy atom. The standard InChI is InChI=1S/C35H38N8/c1-21-13-22(2)20-43(19-21)28-7-10-30-29(17-28)33(15-24(4)38-30)40-27-6-9-32(37-18-27)35-41-31-8-5-25(16-34(31)42-35)39-26-11-12-36-23(3)14-26/h5-10,14-18,21-22,36H,11-13,19-20H2,1-4H3,(H,38,40)(H,41,42). The van der Waals surface area contributed by atoms with Crippen molar-refractivity contribution in [1.29, 1.82) is 0 Å². The molecule has 0 radical (unpaired) electrons. The number of nitrogens with zero attached hydrogens (tertiary/aromatic N) is 5. The van der Waals surface area contributed by atoms with Crippen LogP contribution in [0.5, 0.6) is 0 Å². The van der Waals surface area contributed by atoms with Gasteiger partial charge in [-0.15, -0.1) is 0 Å². The first-order valence-electron chi connectivity index (χ1n) is 15.3. The molecule has 2 aliphatic rings. The first kappa shape index (κ1) is 27.1. The Labute approximate surface area is 252 Å². The van der Waals surface area contributed by atoms with Crippen molar-refractivity contribution in [2.45, 2.75) is 40.5 Å². The van der Waals surface area contributed by atoms with Gasteiger partial charge in [0, 0.05) is 59.9 Å². The lowest BCUT2D eigenvalue weighted by molar-refractivity contribution is 0.357. The van der Waals surface area contributed by atoms with Gasteiger partial charge in [0.05, 0.1) is 34.1 Å². The van der Waals surface area contributed by atoms with Crippen molar-refractivity contribution in [3.63, 3.8) is 0 Å². The van der Waals surface area contributed by atoms with Gasteiger partial charge in [0.15, 0.2) is 5.82 Å². The number of pyridine rings is 2. The zero-order chi connectivity index (χ0) is 29.5. The lowest BCUT2D eigenvalue weighted by Crippen LogP contribution is -2.38. The molecule has 0 saturated carbocycles. The molecule has 8 nitrogen and oxygen atoms in total. The summed E-state index contributed by atoms with van der Waals surface area (Å²) in [5.74, 6) is 2.13. The van der Waals surface area contributed by atoms with Crippen LogP contribution < -0.4 is 15.5 Å². The van der Waals surface area contributed by atoms with Crippen LogP contribution in [-0.2, 0) is 0 Å². The van der Waals surface area contributed by atoms with Crippen LogP contribution in [-0.4, -0.2) is 45.3 Å². The lowest BCUT2D eigenvalue weighted by atomic mass is 9.91. The zero-order valence-electron chi connectivity index (χ0n) is 25.3.